The van der Waals surface area contributed by atoms with Gasteiger partial charge in [-0.1, -0.05) is 12.1 Å². The fourth-order valence-corrected chi connectivity index (χ4v) is 3.44. The van der Waals surface area contributed by atoms with Crippen molar-refractivity contribution in [3.8, 4) is 0 Å². The third-order valence-electron chi connectivity index (χ3n) is 5.87. The lowest BCUT2D eigenvalue weighted by Gasteiger charge is -2.32. The van der Waals surface area contributed by atoms with E-state index in [9.17, 15) is 9.90 Å². The summed E-state index contributed by atoms with van der Waals surface area (Å²) < 4.78 is 12.2. The quantitative estimate of drug-likeness (QED) is 0.850. The summed E-state index contributed by atoms with van der Waals surface area (Å²) in [6, 6.07) is 5.71. The molecule has 0 bridgehead atoms. The van der Waals surface area contributed by atoms with E-state index in [1.54, 1.807) is 4.90 Å². The fraction of sp³-hybridized carbons (Fsp3) is 0.632. The van der Waals surface area contributed by atoms with E-state index in [2.05, 4.69) is 0 Å². The number of hydrogen-bond donors (Lipinski definition) is 1. The van der Waals surface area contributed by atoms with E-state index in [1.165, 1.54) is 0 Å². The smallest absolute Gasteiger partial charge is 0.399 e. The molecule has 2 aliphatic heterocycles. The largest absolute Gasteiger partial charge is 0.494 e. The van der Waals surface area contributed by atoms with Crippen molar-refractivity contribution in [2.24, 2.45) is 0 Å². The van der Waals surface area contributed by atoms with Crippen molar-refractivity contribution in [1.29, 1.82) is 0 Å². The molecule has 1 aromatic rings. The summed E-state index contributed by atoms with van der Waals surface area (Å²) in [5.74, 6) is -0.0209. The second-order valence-electron chi connectivity index (χ2n) is 8.14. The number of likely N-dealkylation sites (tertiary alicyclic amines) is 1. The Bertz CT molecular complexity index is 657. The zero-order valence-electron chi connectivity index (χ0n) is 15.8. The summed E-state index contributed by atoms with van der Waals surface area (Å²) in [6.45, 7) is 10.7. The van der Waals surface area contributed by atoms with E-state index >= 15 is 0 Å². The fourth-order valence-electron chi connectivity index (χ4n) is 3.44. The number of aryl methyl sites for hydroxylation is 1. The number of rotatable bonds is 3. The summed E-state index contributed by atoms with van der Waals surface area (Å²) in [4.78, 5) is 14.8. The molecule has 0 spiro atoms. The molecule has 6 heteroatoms. The van der Waals surface area contributed by atoms with Crippen molar-refractivity contribution in [2.75, 3.05) is 13.2 Å². The number of carbonyl (C=O) groups excluding carboxylic acids is 1. The minimum Gasteiger partial charge on any atom is -0.399 e. The Labute approximate surface area is 150 Å². The van der Waals surface area contributed by atoms with Crippen molar-refractivity contribution in [3.05, 3.63) is 29.3 Å². The van der Waals surface area contributed by atoms with Crippen LogP contribution in [0.5, 0.6) is 0 Å². The molecule has 25 heavy (non-hydrogen) atoms. The maximum Gasteiger partial charge on any atom is 0.494 e. The minimum absolute atomic E-state index is 0.0156. The van der Waals surface area contributed by atoms with Crippen molar-refractivity contribution in [1.82, 2.24) is 4.90 Å². The molecule has 1 atom stereocenters. The molecular formula is C19H28BNO4. The average molecular weight is 345 g/mol. The lowest BCUT2D eigenvalue weighted by Crippen LogP contribution is -2.41. The first-order valence-corrected chi connectivity index (χ1v) is 9.04. The van der Waals surface area contributed by atoms with Crippen LogP contribution >= 0.6 is 0 Å². The van der Waals surface area contributed by atoms with Crippen LogP contribution in [-0.2, 0) is 9.31 Å². The first-order valence-electron chi connectivity index (χ1n) is 9.04. The number of nitrogens with zero attached hydrogens (tertiary/aromatic N) is 1. The first-order chi connectivity index (χ1) is 11.7. The van der Waals surface area contributed by atoms with Crippen molar-refractivity contribution in [3.63, 3.8) is 0 Å². The van der Waals surface area contributed by atoms with Crippen LogP contribution < -0.4 is 5.46 Å². The highest BCUT2D eigenvalue weighted by atomic mass is 16.7. The lowest BCUT2D eigenvalue weighted by molar-refractivity contribution is 0.00578. The number of carbonyl (C=O) groups is 1. The Morgan fingerprint density at radius 3 is 2.52 bits per heavy atom. The molecule has 0 saturated carbocycles. The van der Waals surface area contributed by atoms with E-state index in [-0.39, 0.29) is 18.6 Å². The highest BCUT2D eigenvalue weighted by Crippen LogP contribution is 2.36. The van der Waals surface area contributed by atoms with E-state index < -0.39 is 18.3 Å². The van der Waals surface area contributed by atoms with Gasteiger partial charge in [-0.3, -0.25) is 4.79 Å². The van der Waals surface area contributed by atoms with Gasteiger partial charge in [-0.25, -0.2) is 0 Å². The molecule has 5 nitrogen and oxygen atoms in total. The Balaban J connectivity index is 1.88. The van der Waals surface area contributed by atoms with Gasteiger partial charge in [0.2, 0.25) is 0 Å². The molecule has 0 radical (unpaired) electrons. The lowest BCUT2D eigenvalue weighted by atomic mass is 9.77. The first kappa shape index (κ1) is 18.4. The second-order valence-corrected chi connectivity index (χ2v) is 8.14. The zero-order chi connectivity index (χ0) is 18.4. The zero-order valence-corrected chi connectivity index (χ0v) is 15.8. The predicted molar refractivity (Wildman–Crippen MR) is 98.0 cm³/mol. The summed E-state index contributed by atoms with van der Waals surface area (Å²) >= 11 is 0. The second kappa shape index (κ2) is 6.42. The molecule has 2 aliphatic rings. The van der Waals surface area contributed by atoms with Gasteiger partial charge < -0.3 is 19.3 Å². The molecular weight excluding hydrogens is 317 g/mol. The van der Waals surface area contributed by atoms with Gasteiger partial charge in [0.05, 0.1) is 23.9 Å². The maximum atomic E-state index is 13.0. The Hall–Kier alpha value is -1.37. The standard InChI is InChI=1S/C19H28BNO4/c1-13-8-9-14(20-24-18(2,3)19(4,5)25-20)11-16(13)17(23)21-10-6-7-15(21)12-22/h8-9,11,15,22H,6-7,10,12H2,1-5H3. The molecule has 1 aromatic carbocycles. The third-order valence-corrected chi connectivity index (χ3v) is 5.87. The highest BCUT2D eigenvalue weighted by Gasteiger charge is 2.51. The van der Waals surface area contributed by atoms with Gasteiger partial charge in [0.15, 0.2) is 0 Å². The van der Waals surface area contributed by atoms with Crippen LogP contribution in [0.25, 0.3) is 0 Å². The van der Waals surface area contributed by atoms with E-state index in [1.807, 2.05) is 52.8 Å². The molecule has 2 saturated heterocycles. The number of aliphatic hydroxyl groups excluding tert-OH is 1. The number of benzene rings is 1. The Morgan fingerprint density at radius 1 is 1.28 bits per heavy atom. The van der Waals surface area contributed by atoms with Gasteiger partial charge in [-0.05, 0) is 64.6 Å². The van der Waals surface area contributed by atoms with Crippen LogP contribution in [-0.4, -0.2) is 53.4 Å². The van der Waals surface area contributed by atoms with Gasteiger partial charge >= 0.3 is 7.12 Å². The average Bonchev–Trinajstić information content (AvgIpc) is 3.09. The molecule has 1 N–H and O–H groups in total. The van der Waals surface area contributed by atoms with E-state index in [0.717, 1.165) is 23.9 Å². The van der Waals surface area contributed by atoms with Crippen molar-refractivity contribution < 1.29 is 19.2 Å². The number of hydrogen-bond acceptors (Lipinski definition) is 4. The van der Waals surface area contributed by atoms with E-state index in [4.69, 9.17) is 9.31 Å². The number of amides is 1. The monoisotopic (exact) mass is 345 g/mol. The van der Waals surface area contributed by atoms with Gasteiger partial charge in [-0.2, -0.15) is 0 Å². The third kappa shape index (κ3) is 3.23. The van der Waals surface area contributed by atoms with Gasteiger partial charge in [0, 0.05) is 12.1 Å². The van der Waals surface area contributed by atoms with Crippen molar-refractivity contribution >= 4 is 18.5 Å². The summed E-state index contributed by atoms with van der Waals surface area (Å²) in [5, 5.41) is 9.51. The molecule has 2 fully saturated rings. The van der Waals surface area contributed by atoms with Crippen LogP contribution in [0.3, 0.4) is 0 Å². The van der Waals surface area contributed by atoms with Gasteiger partial charge in [0.1, 0.15) is 0 Å². The maximum absolute atomic E-state index is 13.0. The predicted octanol–water partition coefficient (Wildman–Crippen LogP) is 1.89. The summed E-state index contributed by atoms with van der Waals surface area (Å²) in [7, 11) is -0.482. The molecule has 3 rings (SSSR count). The van der Waals surface area contributed by atoms with Crippen LogP contribution in [0.15, 0.2) is 18.2 Å². The summed E-state index contributed by atoms with van der Waals surface area (Å²) in [6.07, 6.45) is 1.80. The SMILES string of the molecule is Cc1ccc(B2OC(C)(C)C(C)(C)O2)cc1C(=O)N1CCCC1CO. The summed E-state index contributed by atoms with van der Waals surface area (Å²) in [5.41, 5.74) is 1.61. The minimum atomic E-state index is -0.482. The topological polar surface area (TPSA) is 59.0 Å². The molecule has 136 valence electrons. The van der Waals surface area contributed by atoms with Crippen LogP contribution in [0.1, 0.15) is 56.5 Å². The normalized spacial score (nSPS) is 24.8. The van der Waals surface area contributed by atoms with Crippen molar-refractivity contribution in [2.45, 2.75) is 64.7 Å². The molecule has 0 aliphatic carbocycles. The van der Waals surface area contributed by atoms with Gasteiger partial charge in [0.25, 0.3) is 5.91 Å². The van der Waals surface area contributed by atoms with Crippen LogP contribution in [0, 0.1) is 6.92 Å². The van der Waals surface area contributed by atoms with Crippen LogP contribution in [0.4, 0.5) is 0 Å². The molecule has 1 unspecified atom stereocenters. The Morgan fingerprint density at radius 2 is 1.92 bits per heavy atom. The molecule has 0 aromatic heterocycles. The van der Waals surface area contributed by atoms with Gasteiger partial charge in [-0.15, -0.1) is 0 Å². The number of aliphatic hydroxyl groups is 1. The molecule has 2 heterocycles. The van der Waals surface area contributed by atoms with Crippen LogP contribution in [0.2, 0.25) is 0 Å². The molecule has 1 amide bonds. The van der Waals surface area contributed by atoms with E-state index in [0.29, 0.717) is 12.1 Å². The Kier molecular flexibility index (Phi) is 4.73. The highest BCUT2D eigenvalue weighted by molar-refractivity contribution is 6.62.